The minimum absolute atomic E-state index is 0.134. The average molecular weight is 355 g/mol. The number of methoxy groups -OCH3 is 3. The van der Waals surface area contributed by atoms with Gasteiger partial charge in [0.25, 0.3) is 0 Å². The van der Waals surface area contributed by atoms with Crippen LogP contribution in [0.25, 0.3) is 10.8 Å². The number of fused-ring (bicyclic) bond motifs is 1. The van der Waals surface area contributed by atoms with Gasteiger partial charge in [-0.25, -0.2) is 4.79 Å². The molecule has 2 aromatic carbocycles. The number of aryl methyl sites for hydroxylation is 1. The normalized spacial score (nSPS) is 10.5. The molecule has 0 aliphatic rings. The van der Waals surface area contributed by atoms with Gasteiger partial charge < -0.3 is 19.3 Å². The van der Waals surface area contributed by atoms with Crippen molar-refractivity contribution in [3.8, 4) is 17.2 Å². The van der Waals surface area contributed by atoms with E-state index in [9.17, 15) is 9.90 Å². The number of aromatic carboxylic acids is 1. The zero-order valence-electron chi connectivity index (χ0n) is 12.1. The van der Waals surface area contributed by atoms with Gasteiger partial charge in [0.15, 0.2) is 11.5 Å². The molecule has 0 amide bonds. The van der Waals surface area contributed by atoms with E-state index in [0.29, 0.717) is 21.7 Å². The lowest BCUT2D eigenvalue weighted by Crippen LogP contribution is -2.02. The van der Waals surface area contributed by atoms with E-state index in [-0.39, 0.29) is 5.56 Å². The van der Waals surface area contributed by atoms with Crippen LogP contribution in [0.2, 0.25) is 0 Å². The summed E-state index contributed by atoms with van der Waals surface area (Å²) in [7, 11) is 4.60. The summed E-state index contributed by atoms with van der Waals surface area (Å²) in [5.74, 6) is 0.562. The van der Waals surface area contributed by atoms with E-state index in [1.54, 1.807) is 26.4 Å². The van der Waals surface area contributed by atoms with Gasteiger partial charge in [0.05, 0.1) is 31.4 Å². The van der Waals surface area contributed by atoms with Crippen LogP contribution in [0.4, 0.5) is 0 Å². The maximum Gasteiger partial charge on any atom is 0.337 e. The molecule has 0 radical (unpaired) electrons. The zero-order chi connectivity index (χ0) is 15.7. The predicted molar refractivity (Wildman–Crippen MR) is 83.0 cm³/mol. The van der Waals surface area contributed by atoms with E-state index >= 15 is 0 Å². The van der Waals surface area contributed by atoms with Crippen LogP contribution in [0.1, 0.15) is 15.9 Å². The Morgan fingerprint density at radius 3 is 2.14 bits per heavy atom. The highest BCUT2D eigenvalue weighted by Crippen LogP contribution is 2.44. The number of hydrogen-bond donors (Lipinski definition) is 1. The van der Waals surface area contributed by atoms with E-state index in [0.717, 1.165) is 16.3 Å². The third-order valence-corrected chi connectivity index (χ3v) is 4.15. The summed E-state index contributed by atoms with van der Waals surface area (Å²) in [4.78, 5) is 11.4. The minimum atomic E-state index is -1.03. The molecule has 2 aromatic rings. The van der Waals surface area contributed by atoms with Gasteiger partial charge in [0.1, 0.15) is 5.75 Å². The molecule has 6 heteroatoms. The van der Waals surface area contributed by atoms with Crippen molar-refractivity contribution >= 4 is 32.7 Å². The molecule has 0 saturated heterocycles. The zero-order valence-corrected chi connectivity index (χ0v) is 13.7. The Morgan fingerprint density at radius 2 is 1.67 bits per heavy atom. The largest absolute Gasteiger partial charge is 0.495 e. The van der Waals surface area contributed by atoms with Crippen molar-refractivity contribution in [2.45, 2.75) is 6.92 Å². The van der Waals surface area contributed by atoms with Gasteiger partial charge in [-0.05, 0) is 40.4 Å². The number of ether oxygens (including phenoxy) is 3. The lowest BCUT2D eigenvalue weighted by atomic mass is 10.00. The first-order valence-electron chi connectivity index (χ1n) is 6.11. The summed E-state index contributed by atoms with van der Waals surface area (Å²) >= 11 is 3.29. The van der Waals surface area contributed by atoms with Gasteiger partial charge in [0.2, 0.25) is 0 Å². The molecule has 0 fully saturated rings. The Balaban J connectivity index is 2.99. The summed E-state index contributed by atoms with van der Waals surface area (Å²) in [5, 5.41) is 10.8. The first-order chi connectivity index (χ1) is 9.96. The van der Waals surface area contributed by atoms with Crippen molar-refractivity contribution in [3.63, 3.8) is 0 Å². The Bertz CT molecular complexity index is 724. The number of carbonyl (C=O) groups is 1. The maximum absolute atomic E-state index is 11.4. The number of rotatable bonds is 4. The van der Waals surface area contributed by atoms with Crippen LogP contribution in [0.3, 0.4) is 0 Å². The number of benzene rings is 2. The van der Waals surface area contributed by atoms with Crippen LogP contribution in [-0.4, -0.2) is 32.4 Å². The molecule has 0 aliphatic heterocycles. The van der Waals surface area contributed by atoms with Crippen molar-refractivity contribution in [3.05, 3.63) is 27.7 Å². The van der Waals surface area contributed by atoms with E-state index in [2.05, 4.69) is 15.9 Å². The highest BCUT2D eigenvalue weighted by atomic mass is 79.9. The summed E-state index contributed by atoms with van der Waals surface area (Å²) in [6.07, 6.45) is 0. The summed E-state index contributed by atoms with van der Waals surface area (Å²) in [6, 6.07) is 3.37. The van der Waals surface area contributed by atoms with E-state index in [1.165, 1.54) is 7.11 Å². The van der Waals surface area contributed by atoms with Gasteiger partial charge in [-0.3, -0.25) is 0 Å². The molecule has 5 nitrogen and oxygen atoms in total. The van der Waals surface area contributed by atoms with Gasteiger partial charge in [-0.1, -0.05) is 0 Å². The maximum atomic E-state index is 11.4. The smallest absolute Gasteiger partial charge is 0.337 e. The molecule has 0 saturated carbocycles. The molecule has 0 atom stereocenters. The van der Waals surface area contributed by atoms with Gasteiger partial charge in [-0.15, -0.1) is 0 Å². The molecule has 0 spiro atoms. The number of carboxylic acids is 1. The van der Waals surface area contributed by atoms with Crippen molar-refractivity contribution in [1.82, 2.24) is 0 Å². The SMILES string of the molecule is COc1cc2c(OC)c(Br)c(C(=O)O)cc2c(C)c1OC. The molecule has 0 aromatic heterocycles. The average Bonchev–Trinajstić information content (AvgIpc) is 2.46. The number of carboxylic acid groups (broad SMARTS) is 1. The predicted octanol–water partition coefficient (Wildman–Crippen LogP) is 3.63. The van der Waals surface area contributed by atoms with Crippen LogP contribution >= 0.6 is 15.9 Å². The second-order valence-corrected chi connectivity index (χ2v) is 5.20. The van der Waals surface area contributed by atoms with Crippen LogP contribution in [0, 0.1) is 6.92 Å². The van der Waals surface area contributed by atoms with E-state index < -0.39 is 5.97 Å². The number of halogens is 1. The molecule has 0 bridgehead atoms. The van der Waals surface area contributed by atoms with Gasteiger partial charge in [-0.2, -0.15) is 0 Å². The molecular weight excluding hydrogens is 340 g/mol. The molecule has 0 unspecified atom stereocenters. The molecule has 1 N–H and O–H groups in total. The fourth-order valence-electron chi connectivity index (χ4n) is 2.37. The summed E-state index contributed by atoms with van der Waals surface area (Å²) in [6.45, 7) is 1.85. The second kappa shape index (κ2) is 5.81. The first kappa shape index (κ1) is 15.4. The molecule has 21 heavy (non-hydrogen) atoms. The lowest BCUT2D eigenvalue weighted by Gasteiger charge is -2.17. The molecule has 0 heterocycles. The highest BCUT2D eigenvalue weighted by Gasteiger charge is 2.21. The third-order valence-electron chi connectivity index (χ3n) is 3.36. The second-order valence-electron chi connectivity index (χ2n) is 4.41. The van der Waals surface area contributed by atoms with Crippen molar-refractivity contribution in [2.24, 2.45) is 0 Å². The third kappa shape index (κ3) is 2.40. The Hall–Kier alpha value is -1.95. The molecule has 2 rings (SSSR count). The topological polar surface area (TPSA) is 65.0 Å². The van der Waals surface area contributed by atoms with Crippen molar-refractivity contribution < 1.29 is 24.1 Å². The Kier molecular flexibility index (Phi) is 4.27. The summed E-state index contributed by atoms with van der Waals surface area (Å²) < 4.78 is 16.5. The van der Waals surface area contributed by atoms with E-state index in [4.69, 9.17) is 14.2 Å². The quantitative estimate of drug-likeness (QED) is 0.907. The van der Waals surface area contributed by atoms with E-state index in [1.807, 2.05) is 6.92 Å². The van der Waals surface area contributed by atoms with Crippen LogP contribution in [-0.2, 0) is 0 Å². The van der Waals surface area contributed by atoms with Crippen LogP contribution in [0.15, 0.2) is 16.6 Å². The lowest BCUT2D eigenvalue weighted by molar-refractivity contribution is 0.0695. The molecular formula is C15H15BrO5. The Labute approximate surface area is 130 Å². The van der Waals surface area contributed by atoms with Gasteiger partial charge >= 0.3 is 5.97 Å². The van der Waals surface area contributed by atoms with Crippen molar-refractivity contribution in [1.29, 1.82) is 0 Å². The highest BCUT2D eigenvalue weighted by molar-refractivity contribution is 9.10. The standard InChI is InChI=1S/C15H15BrO5/c1-7-8-5-10(15(17)18)12(16)14(21-4)9(8)6-11(19-2)13(7)20-3/h5-6H,1-4H3,(H,17,18). The molecule has 112 valence electrons. The molecule has 0 aliphatic carbocycles. The fraction of sp³-hybridized carbons (Fsp3) is 0.267. The number of hydrogen-bond acceptors (Lipinski definition) is 4. The Morgan fingerprint density at radius 1 is 1.05 bits per heavy atom. The van der Waals surface area contributed by atoms with Crippen molar-refractivity contribution in [2.75, 3.05) is 21.3 Å². The van der Waals surface area contributed by atoms with Gasteiger partial charge in [0, 0.05) is 10.9 Å². The fourth-order valence-corrected chi connectivity index (χ4v) is 3.03. The van der Waals surface area contributed by atoms with Crippen LogP contribution in [0.5, 0.6) is 17.2 Å². The van der Waals surface area contributed by atoms with Crippen LogP contribution < -0.4 is 14.2 Å². The summed E-state index contributed by atoms with van der Waals surface area (Å²) in [5.41, 5.74) is 0.926. The minimum Gasteiger partial charge on any atom is -0.495 e. The first-order valence-corrected chi connectivity index (χ1v) is 6.90. The monoisotopic (exact) mass is 354 g/mol.